The first kappa shape index (κ1) is 9.23. The second kappa shape index (κ2) is 5.74. The molecule has 0 saturated carbocycles. The largest absolute Gasteiger partial charge is 0.422 e. The lowest BCUT2D eigenvalue weighted by Gasteiger charge is -2.11. The van der Waals surface area contributed by atoms with Crippen molar-refractivity contribution in [2.45, 2.75) is 25.7 Å². The fraction of sp³-hybridized carbons (Fsp3) is 1.00. The van der Waals surface area contributed by atoms with Crippen LogP contribution in [-0.4, -0.2) is 36.9 Å². The second-order valence-electron chi connectivity index (χ2n) is 2.99. The molecule has 3 heteroatoms. The molecule has 0 aliphatic carbocycles. The Labute approximate surface area is 72.1 Å². The minimum Gasteiger partial charge on any atom is -0.422 e. The van der Waals surface area contributed by atoms with Gasteiger partial charge in [-0.15, -0.1) is 0 Å². The van der Waals surface area contributed by atoms with Crippen molar-refractivity contribution in [3.8, 4) is 0 Å². The van der Waals surface area contributed by atoms with E-state index in [0.29, 0.717) is 0 Å². The van der Waals surface area contributed by atoms with Crippen LogP contribution in [0.25, 0.3) is 0 Å². The quantitative estimate of drug-likeness (QED) is 0.345. The summed E-state index contributed by atoms with van der Waals surface area (Å²) in [5.41, 5.74) is 0. The van der Waals surface area contributed by atoms with Gasteiger partial charge < -0.3 is 8.79 Å². The summed E-state index contributed by atoms with van der Waals surface area (Å²) < 4.78 is 8.06. The Morgan fingerprint density at radius 1 is 1.18 bits per heavy atom. The Morgan fingerprint density at radius 2 is 1.91 bits per heavy atom. The molecule has 0 atom stereocenters. The average molecular weight is 172 g/mol. The van der Waals surface area contributed by atoms with Gasteiger partial charge in [0.05, 0.1) is 0 Å². The monoisotopic (exact) mass is 172 g/mol. The average Bonchev–Trinajstić information content (AvgIpc) is 2.50. The molecule has 0 amide bonds. The maximum Gasteiger partial charge on any atom is 0.246 e. The summed E-state index contributed by atoms with van der Waals surface area (Å²) >= 11 is 0. The van der Waals surface area contributed by atoms with Crippen molar-refractivity contribution in [2.24, 2.45) is 0 Å². The summed E-state index contributed by atoms with van der Waals surface area (Å²) in [6.45, 7) is 4.46. The molecule has 0 unspecified atom stereocenters. The first-order valence-corrected chi connectivity index (χ1v) is 4.77. The minimum absolute atomic E-state index is 0.825. The summed E-state index contributed by atoms with van der Waals surface area (Å²) in [5.74, 6) is 0. The molecule has 1 rings (SSSR count). The number of hydrogen-bond acceptors (Lipinski definition) is 1. The third-order valence-corrected chi connectivity index (χ3v) is 2.25. The third kappa shape index (κ3) is 3.89. The van der Waals surface area contributed by atoms with Crippen LogP contribution in [0.4, 0.5) is 0 Å². The van der Waals surface area contributed by atoms with Crippen molar-refractivity contribution in [2.75, 3.05) is 26.4 Å². The van der Waals surface area contributed by atoms with Gasteiger partial charge in [-0.3, -0.25) is 0 Å². The fourth-order valence-corrected chi connectivity index (χ4v) is 1.54. The highest BCUT2D eigenvalue weighted by Gasteiger charge is 2.15. The molecular formula is C8H16O2Si+. The number of hydrogen-bond donors (Lipinski definition) is 0. The Hall–Kier alpha value is 0.137. The Morgan fingerprint density at radius 3 is 2.55 bits per heavy atom. The van der Waals surface area contributed by atoms with E-state index < -0.39 is 0 Å². The topological polar surface area (TPSA) is 11.9 Å². The summed E-state index contributed by atoms with van der Waals surface area (Å²) in [4.78, 5) is 0. The van der Waals surface area contributed by atoms with Gasteiger partial charge in [0.1, 0.15) is 19.8 Å². The van der Waals surface area contributed by atoms with Crippen molar-refractivity contribution in [3.05, 3.63) is 0 Å². The Kier molecular flexibility index (Phi) is 4.82. The SMILES string of the molecule is [Si]OCCCC[O+]1CCCC1. The molecule has 1 aliphatic heterocycles. The van der Waals surface area contributed by atoms with Crippen molar-refractivity contribution in [1.29, 1.82) is 0 Å². The van der Waals surface area contributed by atoms with Crippen LogP contribution in [0, 0.1) is 0 Å². The highest BCUT2D eigenvalue weighted by Crippen LogP contribution is 2.13. The van der Waals surface area contributed by atoms with E-state index in [2.05, 4.69) is 14.9 Å². The smallest absolute Gasteiger partial charge is 0.246 e. The highest BCUT2D eigenvalue weighted by atomic mass is 28.2. The van der Waals surface area contributed by atoms with Gasteiger partial charge in [0.15, 0.2) is 0 Å². The van der Waals surface area contributed by atoms with E-state index in [1.165, 1.54) is 39.1 Å². The van der Waals surface area contributed by atoms with Crippen LogP contribution in [0.15, 0.2) is 0 Å². The Bertz CT molecular complexity index is 92.1. The molecule has 0 aromatic carbocycles. The molecule has 0 aromatic heterocycles. The van der Waals surface area contributed by atoms with Crippen LogP contribution in [0.3, 0.4) is 0 Å². The van der Waals surface area contributed by atoms with Crippen LogP contribution in [0.5, 0.6) is 0 Å². The van der Waals surface area contributed by atoms with E-state index in [0.717, 1.165) is 13.0 Å². The van der Waals surface area contributed by atoms with Crippen LogP contribution < -0.4 is 0 Å². The molecule has 2 nitrogen and oxygen atoms in total. The summed E-state index contributed by atoms with van der Waals surface area (Å²) in [6, 6.07) is 0. The van der Waals surface area contributed by atoms with E-state index >= 15 is 0 Å². The van der Waals surface area contributed by atoms with Crippen LogP contribution in [0.1, 0.15) is 25.7 Å². The lowest BCUT2D eigenvalue weighted by Crippen LogP contribution is -2.11. The molecule has 1 saturated heterocycles. The lowest BCUT2D eigenvalue weighted by molar-refractivity contribution is -0.107. The van der Waals surface area contributed by atoms with Gasteiger partial charge in [-0.2, -0.15) is 0 Å². The predicted molar refractivity (Wildman–Crippen MR) is 45.9 cm³/mol. The summed E-state index contributed by atoms with van der Waals surface area (Å²) in [6.07, 6.45) is 5.10. The molecule has 0 bridgehead atoms. The van der Waals surface area contributed by atoms with Gasteiger partial charge in [0, 0.05) is 25.9 Å². The zero-order valence-electron chi connectivity index (χ0n) is 6.97. The molecular weight excluding hydrogens is 156 g/mol. The molecule has 3 radical (unpaired) electrons. The fourth-order valence-electron chi connectivity index (χ4n) is 1.40. The van der Waals surface area contributed by atoms with E-state index in [9.17, 15) is 0 Å². The summed E-state index contributed by atoms with van der Waals surface area (Å²) in [5, 5.41) is 0. The zero-order chi connectivity index (χ0) is 7.94. The van der Waals surface area contributed by atoms with Gasteiger partial charge in [-0.25, -0.2) is 0 Å². The molecule has 11 heavy (non-hydrogen) atoms. The summed E-state index contributed by atoms with van der Waals surface area (Å²) in [7, 11) is 2.99. The predicted octanol–water partition coefficient (Wildman–Crippen LogP) is 1.21. The van der Waals surface area contributed by atoms with Gasteiger partial charge in [0.2, 0.25) is 10.5 Å². The molecule has 0 aromatic rings. The first-order chi connectivity index (χ1) is 5.43. The van der Waals surface area contributed by atoms with E-state index in [1.807, 2.05) is 0 Å². The van der Waals surface area contributed by atoms with Crippen molar-refractivity contribution < 1.29 is 8.79 Å². The van der Waals surface area contributed by atoms with Gasteiger partial charge in [-0.1, -0.05) is 0 Å². The molecule has 1 fully saturated rings. The second-order valence-corrected chi connectivity index (χ2v) is 3.28. The normalized spacial score (nSPS) is 19.4. The molecule has 0 spiro atoms. The van der Waals surface area contributed by atoms with E-state index in [-0.39, 0.29) is 0 Å². The van der Waals surface area contributed by atoms with E-state index in [1.54, 1.807) is 0 Å². The minimum atomic E-state index is 0.825. The van der Waals surface area contributed by atoms with Crippen molar-refractivity contribution in [3.63, 3.8) is 0 Å². The zero-order valence-corrected chi connectivity index (χ0v) is 7.97. The highest BCUT2D eigenvalue weighted by molar-refractivity contribution is 5.97. The van der Waals surface area contributed by atoms with Gasteiger partial charge in [0.25, 0.3) is 0 Å². The van der Waals surface area contributed by atoms with Gasteiger partial charge >= 0.3 is 0 Å². The van der Waals surface area contributed by atoms with Crippen LogP contribution >= 0.6 is 0 Å². The first-order valence-electron chi connectivity index (χ1n) is 4.36. The van der Waals surface area contributed by atoms with Gasteiger partial charge in [-0.05, 0) is 6.42 Å². The maximum absolute atomic E-state index is 4.78. The van der Waals surface area contributed by atoms with Crippen LogP contribution in [0.2, 0.25) is 0 Å². The number of unbranched alkanes of at least 4 members (excludes halogenated alkanes) is 1. The lowest BCUT2D eigenvalue weighted by atomic mass is 10.3. The molecule has 63 valence electrons. The molecule has 1 heterocycles. The van der Waals surface area contributed by atoms with Crippen molar-refractivity contribution >= 4 is 10.5 Å². The van der Waals surface area contributed by atoms with E-state index in [4.69, 9.17) is 4.43 Å². The number of rotatable bonds is 5. The maximum atomic E-state index is 4.78. The van der Waals surface area contributed by atoms with Crippen LogP contribution in [-0.2, 0) is 8.79 Å². The van der Waals surface area contributed by atoms with Crippen molar-refractivity contribution in [1.82, 2.24) is 0 Å². The molecule has 0 N–H and O–H groups in total. The standard InChI is InChI=1S/C8H16O2Si/c11-9-5-1-2-6-10-7-3-4-8-10/h1-8H2/q+1. The molecule has 1 aliphatic rings. The third-order valence-electron chi connectivity index (χ3n) is 2.05. The Balaban J connectivity index is 1.86.